The second kappa shape index (κ2) is 5.30. The van der Waals surface area contributed by atoms with E-state index in [9.17, 15) is 18.5 Å². The number of anilines is 1. The van der Waals surface area contributed by atoms with Crippen LogP contribution in [0.1, 0.15) is 32.6 Å². The van der Waals surface area contributed by atoms with Gasteiger partial charge in [-0.05, 0) is 18.3 Å². The van der Waals surface area contributed by atoms with Crippen molar-refractivity contribution in [3.63, 3.8) is 0 Å². The minimum absolute atomic E-state index is 0.0260. The van der Waals surface area contributed by atoms with Gasteiger partial charge in [-0.15, -0.1) is 0 Å². The van der Waals surface area contributed by atoms with E-state index in [4.69, 9.17) is 5.73 Å². The van der Waals surface area contributed by atoms with Crippen LogP contribution in [0, 0.1) is 15.5 Å². The molecule has 0 unspecified atom stereocenters. The SMILES string of the molecule is CC1(CNS(=O)(=O)c2cc([N+](=O)[O-])c(N)s2)CCCC1. The molecule has 0 bridgehead atoms. The van der Waals surface area contributed by atoms with E-state index in [1.54, 1.807) is 0 Å². The van der Waals surface area contributed by atoms with Crippen molar-refractivity contribution < 1.29 is 13.3 Å². The lowest BCUT2D eigenvalue weighted by atomic mass is 9.89. The summed E-state index contributed by atoms with van der Waals surface area (Å²) in [6.07, 6.45) is 4.19. The molecule has 0 atom stereocenters. The summed E-state index contributed by atoms with van der Waals surface area (Å²) in [5.41, 5.74) is 5.08. The third-order valence-corrected chi connectivity index (χ3v) is 6.51. The third-order valence-electron chi connectivity index (χ3n) is 3.68. The summed E-state index contributed by atoms with van der Waals surface area (Å²) in [7, 11) is -3.74. The van der Waals surface area contributed by atoms with Gasteiger partial charge < -0.3 is 5.73 Å². The van der Waals surface area contributed by atoms with Crippen molar-refractivity contribution >= 4 is 32.0 Å². The van der Waals surface area contributed by atoms with E-state index in [1.165, 1.54) is 0 Å². The van der Waals surface area contributed by atoms with Gasteiger partial charge in [0.25, 0.3) is 0 Å². The van der Waals surface area contributed by atoms with Crippen molar-refractivity contribution in [1.29, 1.82) is 0 Å². The number of nitrogens with two attached hydrogens (primary N) is 1. The van der Waals surface area contributed by atoms with E-state index in [2.05, 4.69) is 4.72 Å². The molecular weight excluding hydrogens is 302 g/mol. The Labute approximate surface area is 121 Å². The maximum absolute atomic E-state index is 12.1. The van der Waals surface area contributed by atoms with Crippen molar-refractivity contribution in [3.8, 4) is 0 Å². The zero-order valence-electron chi connectivity index (χ0n) is 11.1. The molecule has 9 heteroatoms. The highest BCUT2D eigenvalue weighted by molar-refractivity contribution is 7.91. The number of thiophene rings is 1. The molecule has 0 radical (unpaired) electrons. The van der Waals surface area contributed by atoms with Gasteiger partial charge in [0.15, 0.2) is 5.00 Å². The lowest BCUT2D eigenvalue weighted by molar-refractivity contribution is -0.383. The van der Waals surface area contributed by atoms with E-state index in [1.807, 2.05) is 6.92 Å². The third kappa shape index (κ3) is 3.10. The van der Waals surface area contributed by atoms with Crippen LogP contribution in [0.15, 0.2) is 10.3 Å². The lowest BCUT2D eigenvalue weighted by Gasteiger charge is -2.23. The van der Waals surface area contributed by atoms with Gasteiger partial charge in [0.1, 0.15) is 4.21 Å². The molecule has 7 nitrogen and oxygen atoms in total. The number of nitrogens with zero attached hydrogens (tertiary/aromatic N) is 1. The summed E-state index contributed by atoms with van der Waals surface area (Å²) in [5, 5.41) is 10.6. The smallest absolute Gasteiger partial charge is 0.304 e. The Balaban J connectivity index is 2.14. The molecule has 1 fully saturated rings. The van der Waals surface area contributed by atoms with Crippen molar-refractivity contribution in [2.24, 2.45) is 5.41 Å². The summed E-state index contributed by atoms with van der Waals surface area (Å²) >= 11 is 0.717. The fraction of sp³-hybridized carbons (Fsp3) is 0.636. The molecule has 112 valence electrons. The molecule has 1 aromatic rings. The number of nitrogen functional groups attached to an aromatic ring is 1. The van der Waals surface area contributed by atoms with Gasteiger partial charge in [0.05, 0.1) is 4.92 Å². The summed E-state index contributed by atoms with van der Waals surface area (Å²) < 4.78 is 26.7. The Morgan fingerprint density at radius 1 is 1.50 bits per heavy atom. The van der Waals surface area contributed by atoms with Crippen LogP contribution in [0.5, 0.6) is 0 Å². The van der Waals surface area contributed by atoms with Gasteiger partial charge in [-0.2, -0.15) is 0 Å². The fourth-order valence-electron chi connectivity index (χ4n) is 2.39. The van der Waals surface area contributed by atoms with Gasteiger partial charge in [0.2, 0.25) is 10.0 Å². The number of rotatable bonds is 5. The molecule has 0 aromatic carbocycles. The van der Waals surface area contributed by atoms with Gasteiger partial charge >= 0.3 is 5.69 Å². The van der Waals surface area contributed by atoms with E-state index >= 15 is 0 Å². The summed E-state index contributed by atoms with van der Waals surface area (Å²) in [6.45, 7) is 2.40. The maximum Gasteiger partial charge on any atom is 0.304 e. The zero-order chi connectivity index (χ0) is 15.0. The first kappa shape index (κ1) is 15.2. The molecule has 0 aliphatic heterocycles. The number of hydrogen-bond acceptors (Lipinski definition) is 6. The van der Waals surface area contributed by atoms with Crippen molar-refractivity contribution in [3.05, 3.63) is 16.2 Å². The number of sulfonamides is 1. The quantitative estimate of drug-likeness (QED) is 0.637. The minimum Gasteiger partial charge on any atom is -0.385 e. The van der Waals surface area contributed by atoms with Crippen LogP contribution >= 0.6 is 11.3 Å². The predicted octanol–water partition coefficient (Wildman–Crippen LogP) is 2.10. The first-order valence-electron chi connectivity index (χ1n) is 6.27. The number of nitrogens with one attached hydrogen (secondary N) is 1. The molecule has 0 spiro atoms. The summed E-state index contributed by atoms with van der Waals surface area (Å²) in [6, 6.07) is 1.01. The summed E-state index contributed by atoms with van der Waals surface area (Å²) in [4.78, 5) is 10.0. The van der Waals surface area contributed by atoms with Crippen LogP contribution < -0.4 is 10.5 Å². The van der Waals surface area contributed by atoms with Crippen LogP contribution in [0.2, 0.25) is 0 Å². The highest BCUT2D eigenvalue weighted by Gasteiger charge is 2.31. The Bertz CT molecular complexity index is 618. The predicted molar refractivity (Wildman–Crippen MR) is 77.1 cm³/mol. The van der Waals surface area contributed by atoms with E-state index in [0.29, 0.717) is 17.9 Å². The lowest BCUT2D eigenvalue weighted by Crippen LogP contribution is -2.33. The van der Waals surface area contributed by atoms with Crippen molar-refractivity contribution in [2.45, 2.75) is 36.8 Å². The van der Waals surface area contributed by atoms with E-state index in [0.717, 1.165) is 31.7 Å². The highest BCUT2D eigenvalue weighted by atomic mass is 32.2. The normalized spacial score (nSPS) is 18.2. The second-order valence-electron chi connectivity index (χ2n) is 5.41. The molecule has 1 heterocycles. The van der Waals surface area contributed by atoms with Crippen LogP contribution in [-0.4, -0.2) is 19.9 Å². The molecule has 0 saturated heterocycles. The molecule has 1 saturated carbocycles. The van der Waals surface area contributed by atoms with Gasteiger partial charge in [-0.25, -0.2) is 13.1 Å². The topological polar surface area (TPSA) is 115 Å². The largest absolute Gasteiger partial charge is 0.385 e. The molecule has 3 N–H and O–H groups in total. The standard InChI is InChI=1S/C11H17N3O4S2/c1-11(4-2-3-5-11)7-13-20(17,18)9-6-8(14(15)16)10(12)19-9/h6,13H,2-5,7,12H2,1H3. The second-order valence-corrected chi connectivity index (χ2v) is 8.49. The molecule has 1 aliphatic carbocycles. The molecule has 20 heavy (non-hydrogen) atoms. The van der Waals surface area contributed by atoms with Gasteiger partial charge in [-0.3, -0.25) is 10.1 Å². The van der Waals surface area contributed by atoms with E-state index < -0.39 is 14.9 Å². The van der Waals surface area contributed by atoms with Gasteiger partial charge in [0, 0.05) is 12.6 Å². The number of nitro groups is 1. The first-order valence-corrected chi connectivity index (χ1v) is 8.57. The average molecular weight is 319 g/mol. The summed E-state index contributed by atoms with van der Waals surface area (Å²) in [5.74, 6) is 0. The molecule has 1 aliphatic rings. The Morgan fingerprint density at radius 3 is 2.60 bits per heavy atom. The molecule has 2 rings (SSSR count). The number of hydrogen-bond donors (Lipinski definition) is 2. The first-order chi connectivity index (χ1) is 9.23. The van der Waals surface area contributed by atoms with Crippen molar-refractivity contribution in [1.82, 2.24) is 4.72 Å². The Hall–Kier alpha value is -1.19. The fourth-order valence-corrected chi connectivity index (χ4v) is 4.85. The van der Waals surface area contributed by atoms with Crippen LogP contribution in [0.4, 0.5) is 10.7 Å². The van der Waals surface area contributed by atoms with Crippen LogP contribution in [-0.2, 0) is 10.0 Å². The molecule has 1 aromatic heterocycles. The van der Waals surface area contributed by atoms with Crippen LogP contribution in [0.3, 0.4) is 0 Å². The van der Waals surface area contributed by atoms with Crippen LogP contribution in [0.25, 0.3) is 0 Å². The van der Waals surface area contributed by atoms with Crippen molar-refractivity contribution in [2.75, 3.05) is 12.3 Å². The molecular formula is C11H17N3O4S2. The zero-order valence-corrected chi connectivity index (χ0v) is 12.7. The Kier molecular flexibility index (Phi) is 4.03. The monoisotopic (exact) mass is 319 g/mol. The average Bonchev–Trinajstić information content (AvgIpc) is 2.94. The highest BCUT2D eigenvalue weighted by Crippen LogP contribution is 2.38. The Morgan fingerprint density at radius 2 is 2.10 bits per heavy atom. The minimum atomic E-state index is -3.74. The molecule has 0 amide bonds. The maximum atomic E-state index is 12.1. The van der Waals surface area contributed by atoms with Gasteiger partial charge in [-0.1, -0.05) is 31.1 Å². The van der Waals surface area contributed by atoms with E-state index in [-0.39, 0.29) is 20.3 Å².